The molecule has 70 valence electrons. The first-order chi connectivity index (χ1) is 6.07. The van der Waals surface area contributed by atoms with Gasteiger partial charge in [-0.1, -0.05) is 0 Å². The maximum Gasteiger partial charge on any atom is 0.165 e. The molecular formula is C8H4F4O. The first-order valence-corrected chi connectivity index (χ1v) is 3.33. The van der Waals surface area contributed by atoms with E-state index in [1.807, 2.05) is 0 Å². The van der Waals surface area contributed by atoms with Crippen molar-refractivity contribution in [3.63, 3.8) is 0 Å². The predicted molar refractivity (Wildman–Crippen MR) is 36.0 cm³/mol. The Labute approximate surface area is 71.0 Å². The highest BCUT2D eigenvalue weighted by molar-refractivity contribution is 5.55. The SMILES string of the molecule is O=CCc1c(F)c(F)cc(F)c1F. The van der Waals surface area contributed by atoms with Crippen LogP contribution in [0.3, 0.4) is 0 Å². The van der Waals surface area contributed by atoms with E-state index in [9.17, 15) is 22.4 Å². The fourth-order valence-corrected chi connectivity index (χ4v) is 0.885. The molecule has 0 fully saturated rings. The summed E-state index contributed by atoms with van der Waals surface area (Å²) in [5.41, 5.74) is -0.882. The van der Waals surface area contributed by atoms with Crippen LogP contribution in [0.2, 0.25) is 0 Å². The zero-order valence-corrected chi connectivity index (χ0v) is 6.28. The van der Waals surface area contributed by atoms with E-state index in [4.69, 9.17) is 0 Å². The lowest BCUT2D eigenvalue weighted by atomic mass is 10.1. The standard InChI is InChI=1S/C8H4F4O/c9-5-3-6(10)8(12)4(1-2-13)7(5)11/h2-3H,1H2. The maximum absolute atomic E-state index is 12.7. The Morgan fingerprint density at radius 1 is 1.08 bits per heavy atom. The molecule has 0 heterocycles. The number of hydrogen-bond acceptors (Lipinski definition) is 1. The van der Waals surface area contributed by atoms with Crippen molar-refractivity contribution in [1.82, 2.24) is 0 Å². The van der Waals surface area contributed by atoms with Gasteiger partial charge in [0.15, 0.2) is 23.3 Å². The minimum Gasteiger partial charge on any atom is -0.303 e. The summed E-state index contributed by atoms with van der Waals surface area (Å²) < 4.78 is 50.3. The lowest BCUT2D eigenvalue weighted by Gasteiger charge is -2.02. The van der Waals surface area contributed by atoms with Crippen LogP contribution in [-0.2, 0) is 11.2 Å². The normalized spacial score (nSPS) is 10.2. The van der Waals surface area contributed by atoms with E-state index < -0.39 is 35.3 Å². The predicted octanol–water partition coefficient (Wildman–Crippen LogP) is 1.98. The van der Waals surface area contributed by atoms with Crippen molar-refractivity contribution < 1.29 is 22.4 Å². The van der Waals surface area contributed by atoms with Crippen LogP contribution in [0.1, 0.15) is 5.56 Å². The second kappa shape index (κ2) is 3.55. The van der Waals surface area contributed by atoms with Crippen LogP contribution in [0.25, 0.3) is 0 Å². The van der Waals surface area contributed by atoms with Crippen molar-refractivity contribution in [3.8, 4) is 0 Å². The third-order valence-corrected chi connectivity index (χ3v) is 1.49. The summed E-state index contributed by atoms with van der Waals surface area (Å²) >= 11 is 0. The van der Waals surface area contributed by atoms with Crippen molar-refractivity contribution in [2.24, 2.45) is 0 Å². The maximum atomic E-state index is 12.7. The molecule has 13 heavy (non-hydrogen) atoms. The van der Waals surface area contributed by atoms with Crippen LogP contribution in [0, 0.1) is 23.3 Å². The van der Waals surface area contributed by atoms with Gasteiger partial charge >= 0.3 is 0 Å². The Balaban J connectivity index is 3.36. The van der Waals surface area contributed by atoms with Gasteiger partial charge < -0.3 is 4.79 Å². The highest BCUT2D eigenvalue weighted by Gasteiger charge is 2.17. The average Bonchev–Trinajstić information content (AvgIpc) is 2.09. The Morgan fingerprint density at radius 3 is 1.92 bits per heavy atom. The van der Waals surface area contributed by atoms with Crippen LogP contribution in [-0.4, -0.2) is 6.29 Å². The Kier molecular flexibility index (Phi) is 2.65. The zero-order chi connectivity index (χ0) is 10.0. The largest absolute Gasteiger partial charge is 0.303 e. The zero-order valence-electron chi connectivity index (χ0n) is 6.28. The fraction of sp³-hybridized carbons (Fsp3) is 0.125. The summed E-state index contributed by atoms with van der Waals surface area (Å²) in [6.45, 7) is 0. The molecule has 1 nitrogen and oxygen atoms in total. The van der Waals surface area contributed by atoms with E-state index in [2.05, 4.69) is 0 Å². The van der Waals surface area contributed by atoms with Crippen molar-refractivity contribution in [3.05, 3.63) is 34.9 Å². The van der Waals surface area contributed by atoms with Crippen LogP contribution in [0.4, 0.5) is 17.6 Å². The number of carbonyl (C=O) groups excluding carboxylic acids is 1. The first kappa shape index (κ1) is 9.70. The number of halogens is 4. The molecule has 0 radical (unpaired) electrons. The molecule has 0 N–H and O–H groups in total. The molecule has 0 saturated heterocycles. The van der Waals surface area contributed by atoms with Gasteiger partial charge in [0, 0.05) is 18.1 Å². The summed E-state index contributed by atoms with van der Waals surface area (Å²) in [5, 5.41) is 0. The molecule has 0 saturated carbocycles. The van der Waals surface area contributed by atoms with E-state index >= 15 is 0 Å². The summed E-state index contributed by atoms with van der Waals surface area (Å²) in [5.74, 6) is -6.05. The second-order valence-corrected chi connectivity index (χ2v) is 2.32. The van der Waals surface area contributed by atoms with Gasteiger partial charge in [-0.3, -0.25) is 0 Å². The molecule has 1 aromatic carbocycles. The van der Waals surface area contributed by atoms with Gasteiger partial charge in [0.05, 0.1) is 0 Å². The van der Waals surface area contributed by atoms with E-state index in [1.165, 1.54) is 0 Å². The van der Waals surface area contributed by atoms with Gasteiger partial charge in [0.2, 0.25) is 0 Å². The Morgan fingerprint density at radius 2 is 1.54 bits per heavy atom. The minimum absolute atomic E-state index is 0.0962. The van der Waals surface area contributed by atoms with E-state index in [0.717, 1.165) is 0 Å². The molecule has 0 amide bonds. The summed E-state index contributed by atoms with van der Waals surface area (Å²) in [6.07, 6.45) is -0.521. The van der Waals surface area contributed by atoms with Crippen molar-refractivity contribution in [2.45, 2.75) is 6.42 Å². The highest BCUT2D eigenvalue weighted by atomic mass is 19.2. The second-order valence-electron chi connectivity index (χ2n) is 2.32. The quantitative estimate of drug-likeness (QED) is 0.398. The van der Waals surface area contributed by atoms with Crippen LogP contribution >= 0.6 is 0 Å². The molecule has 0 spiro atoms. The number of rotatable bonds is 2. The number of carbonyl (C=O) groups is 1. The van der Waals surface area contributed by atoms with Gasteiger partial charge in [0.1, 0.15) is 6.29 Å². The van der Waals surface area contributed by atoms with Gasteiger partial charge in [-0.25, -0.2) is 17.6 Å². The van der Waals surface area contributed by atoms with Gasteiger partial charge in [-0.05, 0) is 0 Å². The molecular weight excluding hydrogens is 188 g/mol. The van der Waals surface area contributed by atoms with Crippen LogP contribution in [0.15, 0.2) is 6.07 Å². The molecule has 0 atom stereocenters. The van der Waals surface area contributed by atoms with Gasteiger partial charge in [-0.15, -0.1) is 0 Å². The summed E-state index contributed by atoms with van der Waals surface area (Å²) in [4.78, 5) is 9.92. The van der Waals surface area contributed by atoms with Gasteiger partial charge in [-0.2, -0.15) is 0 Å². The number of benzene rings is 1. The molecule has 0 aliphatic carbocycles. The molecule has 1 rings (SSSR count). The van der Waals surface area contributed by atoms with E-state index in [0.29, 0.717) is 0 Å². The Hall–Kier alpha value is -1.39. The van der Waals surface area contributed by atoms with E-state index in [1.54, 1.807) is 0 Å². The van der Waals surface area contributed by atoms with Crippen LogP contribution in [0.5, 0.6) is 0 Å². The third kappa shape index (κ3) is 1.68. The van der Waals surface area contributed by atoms with Crippen molar-refractivity contribution >= 4 is 6.29 Å². The molecule has 1 aromatic rings. The van der Waals surface area contributed by atoms with Gasteiger partial charge in [0.25, 0.3) is 0 Å². The summed E-state index contributed by atoms with van der Waals surface area (Å²) in [6, 6.07) is 0.0962. The molecule has 0 aliphatic rings. The molecule has 5 heteroatoms. The molecule has 0 unspecified atom stereocenters. The van der Waals surface area contributed by atoms with Crippen molar-refractivity contribution in [2.75, 3.05) is 0 Å². The van der Waals surface area contributed by atoms with Crippen LogP contribution < -0.4 is 0 Å². The summed E-state index contributed by atoms with van der Waals surface area (Å²) in [7, 11) is 0. The highest BCUT2D eigenvalue weighted by Crippen LogP contribution is 2.18. The molecule has 0 aliphatic heterocycles. The lowest BCUT2D eigenvalue weighted by Crippen LogP contribution is -2.03. The molecule has 0 aromatic heterocycles. The average molecular weight is 192 g/mol. The first-order valence-electron chi connectivity index (χ1n) is 3.33. The topological polar surface area (TPSA) is 17.1 Å². The third-order valence-electron chi connectivity index (χ3n) is 1.49. The minimum atomic E-state index is -1.52. The number of aldehydes is 1. The van der Waals surface area contributed by atoms with Crippen molar-refractivity contribution in [1.29, 1.82) is 0 Å². The lowest BCUT2D eigenvalue weighted by molar-refractivity contribution is -0.107. The van der Waals surface area contributed by atoms with E-state index in [-0.39, 0.29) is 12.4 Å². The number of hydrogen-bond donors (Lipinski definition) is 0. The fourth-order valence-electron chi connectivity index (χ4n) is 0.885. The molecule has 0 bridgehead atoms. The smallest absolute Gasteiger partial charge is 0.165 e. The Bertz CT molecular complexity index is 322. The monoisotopic (exact) mass is 192 g/mol.